The van der Waals surface area contributed by atoms with Crippen molar-refractivity contribution in [2.24, 2.45) is 0 Å². The van der Waals surface area contributed by atoms with E-state index in [0.717, 1.165) is 17.8 Å². The van der Waals surface area contributed by atoms with E-state index in [1.54, 1.807) is 0 Å². The standard InChI is InChI=1S/C12H12N5O4S/c13-9-5-10(18)16-12(15-9)22-6-11(19)14-7-1-3-8(4-2-7)17(20)21/h1-5,20H,6H2,(H,14,19)(H3,13,15,16,18)/q-1. The van der Waals surface area contributed by atoms with Gasteiger partial charge in [0.25, 0.3) is 5.56 Å². The van der Waals surface area contributed by atoms with Crippen LogP contribution >= 0.6 is 11.8 Å². The first-order chi connectivity index (χ1) is 10.4. The van der Waals surface area contributed by atoms with E-state index in [1.807, 2.05) is 0 Å². The van der Waals surface area contributed by atoms with Gasteiger partial charge in [0, 0.05) is 11.8 Å². The number of anilines is 3. The molecule has 1 aromatic carbocycles. The average Bonchev–Trinajstić information content (AvgIpc) is 2.45. The van der Waals surface area contributed by atoms with Gasteiger partial charge in [-0.1, -0.05) is 11.8 Å². The van der Waals surface area contributed by atoms with Gasteiger partial charge in [-0.3, -0.25) is 14.8 Å². The summed E-state index contributed by atoms with van der Waals surface area (Å²) in [5.74, 6) is -0.235. The van der Waals surface area contributed by atoms with Gasteiger partial charge in [0.15, 0.2) is 5.16 Å². The Morgan fingerprint density at radius 3 is 2.73 bits per heavy atom. The van der Waals surface area contributed by atoms with Crippen LogP contribution in [0.2, 0.25) is 0 Å². The molecular weight excluding hydrogens is 310 g/mol. The molecule has 0 atom stereocenters. The summed E-state index contributed by atoms with van der Waals surface area (Å²) in [4.78, 5) is 29.3. The first-order valence-corrected chi connectivity index (χ1v) is 6.98. The highest BCUT2D eigenvalue weighted by atomic mass is 32.2. The first-order valence-electron chi connectivity index (χ1n) is 6.00. The fraction of sp³-hybridized carbons (Fsp3) is 0.0833. The Balaban J connectivity index is 1.91. The molecule has 10 heteroatoms. The number of aromatic nitrogens is 2. The number of nitrogens with two attached hydrogens (primary N) is 1. The molecule has 0 saturated carbocycles. The molecule has 9 nitrogen and oxygen atoms in total. The molecule has 0 aliphatic carbocycles. The number of nitrogens with zero attached hydrogens (tertiary/aromatic N) is 2. The number of thioether (sulfide) groups is 1. The summed E-state index contributed by atoms with van der Waals surface area (Å²) >= 11 is 1.03. The van der Waals surface area contributed by atoms with Gasteiger partial charge in [0.05, 0.1) is 11.4 Å². The van der Waals surface area contributed by atoms with Crippen LogP contribution in [0.1, 0.15) is 0 Å². The Bertz CT molecular complexity index is 716. The van der Waals surface area contributed by atoms with Gasteiger partial charge in [0.2, 0.25) is 5.91 Å². The van der Waals surface area contributed by atoms with E-state index in [1.165, 1.54) is 24.3 Å². The quantitative estimate of drug-likeness (QED) is 0.358. The topological polar surface area (TPSA) is 147 Å². The van der Waals surface area contributed by atoms with Gasteiger partial charge < -0.3 is 26.5 Å². The van der Waals surface area contributed by atoms with Crippen molar-refractivity contribution < 1.29 is 10.0 Å². The second kappa shape index (κ2) is 6.93. The normalized spacial score (nSPS) is 10.3. The van der Waals surface area contributed by atoms with Crippen LogP contribution in [0.3, 0.4) is 0 Å². The van der Waals surface area contributed by atoms with Crippen molar-refractivity contribution in [2.75, 3.05) is 22.0 Å². The molecule has 0 fully saturated rings. The van der Waals surface area contributed by atoms with Crippen molar-refractivity contribution in [3.8, 4) is 0 Å². The summed E-state index contributed by atoms with van der Waals surface area (Å²) in [6.45, 7) is 0. The Morgan fingerprint density at radius 1 is 1.45 bits per heavy atom. The van der Waals surface area contributed by atoms with Crippen LogP contribution in [-0.2, 0) is 4.79 Å². The molecule has 0 unspecified atom stereocenters. The van der Waals surface area contributed by atoms with E-state index in [9.17, 15) is 14.8 Å². The number of rotatable bonds is 5. The molecule has 2 rings (SSSR count). The Hall–Kier alpha value is -2.56. The molecule has 5 N–H and O–H groups in total. The highest BCUT2D eigenvalue weighted by Crippen LogP contribution is 2.17. The number of hydrogen-bond acceptors (Lipinski definition) is 8. The van der Waals surface area contributed by atoms with Crippen LogP contribution in [0.5, 0.6) is 0 Å². The van der Waals surface area contributed by atoms with Crippen LogP contribution in [0.15, 0.2) is 40.3 Å². The van der Waals surface area contributed by atoms with E-state index in [2.05, 4.69) is 15.3 Å². The van der Waals surface area contributed by atoms with Crippen LogP contribution < -0.4 is 21.8 Å². The number of nitrogen functional groups attached to an aromatic ring is 1. The lowest BCUT2D eigenvalue weighted by Gasteiger charge is -2.21. The average molecular weight is 322 g/mol. The van der Waals surface area contributed by atoms with Crippen LogP contribution in [-0.4, -0.2) is 26.8 Å². The highest BCUT2D eigenvalue weighted by molar-refractivity contribution is 7.99. The lowest BCUT2D eigenvalue weighted by atomic mass is 10.3. The van der Waals surface area contributed by atoms with Crippen molar-refractivity contribution in [1.29, 1.82) is 0 Å². The van der Waals surface area contributed by atoms with Crippen molar-refractivity contribution in [1.82, 2.24) is 9.97 Å². The zero-order chi connectivity index (χ0) is 16.1. The highest BCUT2D eigenvalue weighted by Gasteiger charge is 2.06. The molecule has 0 spiro atoms. The zero-order valence-electron chi connectivity index (χ0n) is 11.1. The van der Waals surface area contributed by atoms with E-state index in [4.69, 9.17) is 10.9 Å². The van der Waals surface area contributed by atoms with Gasteiger partial charge in [0.1, 0.15) is 5.82 Å². The smallest absolute Gasteiger partial charge is 0.253 e. The fourth-order valence-corrected chi connectivity index (χ4v) is 2.21. The molecule has 0 aliphatic heterocycles. The molecule has 1 amide bonds. The second-order valence-electron chi connectivity index (χ2n) is 4.13. The zero-order valence-corrected chi connectivity index (χ0v) is 12.0. The predicted octanol–water partition coefficient (Wildman–Crippen LogP) is 0.776. The SMILES string of the molecule is Nc1cc(=O)[nH]c(SCC(=O)Nc2ccc(N([O-])O)cc2)n1. The third-order valence-corrected chi connectivity index (χ3v) is 3.32. The summed E-state index contributed by atoms with van der Waals surface area (Å²) < 4.78 is 0. The van der Waals surface area contributed by atoms with Gasteiger partial charge in [-0.25, -0.2) is 4.98 Å². The molecule has 2 aromatic rings. The van der Waals surface area contributed by atoms with Gasteiger partial charge >= 0.3 is 0 Å². The van der Waals surface area contributed by atoms with Crippen molar-refractivity contribution in [3.63, 3.8) is 0 Å². The molecule has 1 aromatic heterocycles. The van der Waals surface area contributed by atoms with Crippen molar-refractivity contribution >= 4 is 34.9 Å². The molecule has 0 radical (unpaired) electrons. The summed E-state index contributed by atoms with van der Waals surface area (Å²) in [6.07, 6.45) is 0. The van der Waals surface area contributed by atoms with Crippen molar-refractivity contribution in [2.45, 2.75) is 5.16 Å². The maximum atomic E-state index is 11.8. The van der Waals surface area contributed by atoms with Gasteiger partial charge in [-0.05, 0) is 24.3 Å². The molecule has 0 bridgehead atoms. The number of benzene rings is 1. The van der Waals surface area contributed by atoms with E-state index < -0.39 is 5.56 Å². The maximum Gasteiger partial charge on any atom is 0.253 e. The Labute approximate surface area is 128 Å². The number of carbonyl (C=O) groups excluding carboxylic acids is 1. The number of hydrogen-bond donors (Lipinski definition) is 4. The monoisotopic (exact) mass is 322 g/mol. The molecular formula is C12H12N5O4S-. The van der Waals surface area contributed by atoms with E-state index in [-0.39, 0.29) is 33.5 Å². The molecule has 22 heavy (non-hydrogen) atoms. The lowest BCUT2D eigenvalue weighted by Crippen LogP contribution is -2.16. The molecule has 0 saturated heterocycles. The molecule has 116 valence electrons. The summed E-state index contributed by atoms with van der Waals surface area (Å²) in [6, 6.07) is 6.80. The van der Waals surface area contributed by atoms with Crippen LogP contribution in [0, 0.1) is 5.21 Å². The van der Waals surface area contributed by atoms with Crippen molar-refractivity contribution in [3.05, 3.63) is 45.9 Å². The van der Waals surface area contributed by atoms with Gasteiger partial charge in [-0.15, -0.1) is 0 Å². The number of amides is 1. The van der Waals surface area contributed by atoms with Crippen LogP contribution in [0.4, 0.5) is 17.2 Å². The lowest BCUT2D eigenvalue weighted by molar-refractivity contribution is -0.113. The minimum Gasteiger partial charge on any atom is -0.733 e. The predicted molar refractivity (Wildman–Crippen MR) is 82.7 cm³/mol. The fourth-order valence-electron chi connectivity index (χ4n) is 1.52. The Morgan fingerprint density at radius 2 is 2.14 bits per heavy atom. The number of carbonyl (C=O) groups is 1. The molecule has 1 heterocycles. The van der Waals surface area contributed by atoms with Gasteiger partial charge in [-0.2, -0.15) is 0 Å². The minimum atomic E-state index is -0.392. The maximum absolute atomic E-state index is 11.8. The first kappa shape index (κ1) is 15.8. The van der Waals surface area contributed by atoms with E-state index >= 15 is 0 Å². The summed E-state index contributed by atoms with van der Waals surface area (Å²) in [5.41, 5.74) is 5.55. The summed E-state index contributed by atoms with van der Waals surface area (Å²) in [7, 11) is 0. The summed E-state index contributed by atoms with van der Waals surface area (Å²) in [5, 5.41) is 21.9. The minimum absolute atomic E-state index is 0.0157. The number of H-pyrrole nitrogens is 1. The Kier molecular flexibility index (Phi) is 4.99. The number of nitrogens with one attached hydrogen (secondary N) is 2. The third-order valence-electron chi connectivity index (χ3n) is 2.45. The van der Waals surface area contributed by atoms with E-state index in [0.29, 0.717) is 5.69 Å². The number of aromatic amines is 1. The second-order valence-corrected chi connectivity index (χ2v) is 5.10. The van der Waals surface area contributed by atoms with Crippen LogP contribution in [0.25, 0.3) is 0 Å². The molecule has 0 aliphatic rings. The third kappa shape index (κ3) is 4.48. The largest absolute Gasteiger partial charge is 0.733 e.